The van der Waals surface area contributed by atoms with Crippen LogP contribution in [0.15, 0.2) is 36.5 Å². The summed E-state index contributed by atoms with van der Waals surface area (Å²) in [5.41, 5.74) is 0. The van der Waals surface area contributed by atoms with Crippen LogP contribution < -0.4 is 5.32 Å². The van der Waals surface area contributed by atoms with Crippen molar-refractivity contribution in [3.63, 3.8) is 0 Å². The van der Waals surface area contributed by atoms with Gasteiger partial charge in [-0.15, -0.1) is 0 Å². The molecule has 0 radical (unpaired) electrons. The molecular formula is C51H95NO5. The molecule has 0 aromatic carbocycles. The van der Waals surface area contributed by atoms with Crippen LogP contribution in [0.5, 0.6) is 0 Å². The molecule has 0 bridgehead atoms. The highest BCUT2D eigenvalue weighted by atomic mass is 16.5. The molecular weight excluding hydrogens is 707 g/mol. The second-order valence-electron chi connectivity index (χ2n) is 16.8. The molecule has 0 aliphatic rings. The van der Waals surface area contributed by atoms with Gasteiger partial charge in [-0.25, -0.2) is 0 Å². The van der Waals surface area contributed by atoms with Gasteiger partial charge in [-0.3, -0.25) is 9.59 Å². The van der Waals surface area contributed by atoms with Crippen molar-refractivity contribution in [2.45, 2.75) is 264 Å². The minimum atomic E-state index is -0.671. The van der Waals surface area contributed by atoms with Crippen molar-refractivity contribution in [1.29, 1.82) is 0 Å². The molecule has 334 valence electrons. The molecule has 0 rings (SSSR count). The molecule has 0 spiro atoms. The van der Waals surface area contributed by atoms with Gasteiger partial charge in [0.05, 0.1) is 25.4 Å². The fourth-order valence-electron chi connectivity index (χ4n) is 7.32. The monoisotopic (exact) mass is 802 g/mol. The van der Waals surface area contributed by atoms with Crippen molar-refractivity contribution in [1.82, 2.24) is 5.32 Å². The van der Waals surface area contributed by atoms with Crippen molar-refractivity contribution >= 4 is 11.9 Å². The van der Waals surface area contributed by atoms with Crippen LogP contribution in [0.4, 0.5) is 0 Å². The second-order valence-corrected chi connectivity index (χ2v) is 16.8. The predicted molar refractivity (Wildman–Crippen MR) is 246 cm³/mol. The summed E-state index contributed by atoms with van der Waals surface area (Å²) in [5, 5.41) is 23.0. The van der Waals surface area contributed by atoms with Gasteiger partial charge in [0, 0.05) is 12.8 Å². The number of hydrogen-bond donors (Lipinski definition) is 3. The summed E-state index contributed by atoms with van der Waals surface area (Å²) in [5.74, 6) is -0.0667. The molecule has 0 fully saturated rings. The van der Waals surface area contributed by atoms with Crippen LogP contribution >= 0.6 is 0 Å². The number of carbonyl (C=O) groups excluding carboxylic acids is 2. The Kier molecular flexibility index (Phi) is 45.2. The Morgan fingerprint density at radius 1 is 0.491 bits per heavy atom. The average molecular weight is 802 g/mol. The van der Waals surface area contributed by atoms with Crippen molar-refractivity contribution < 1.29 is 24.5 Å². The van der Waals surface area contributed by atoms with Gasteiger partial charge in [0.2, 0.25) is 5.91 Å². The van der Waals surface area contributed by atoms with E-state index in [0.29, 0.717) is 25.9 Å². The summed E-state index contributed by atoms with van der Waals surface area (Å²) in [6, 6.07) is -0.550. The first-order valence-corrected chi connectivity index (χ1v) is 24.7. The summed E-state index contributed by atoms with van der Waals surface area (Å²) < 4.78 is 5.45. The first-order valence-electron chi connectivity index (χ1n) is 24.7. The number of hydrogen-bond acceptors (Lipinski definition) is 5. The van der Waals surface area contributed by atoms with Crippen LogP contribution in [0.3, 0.4) is 0 Å². The summed E-state index contributed by atoms with van der Waals surface area (Å²) >= 11 is 0. The third-order valence-corrected chi connectivity index (χ3v) is 11.1. The first-order chi connectivity index (χ1) is 28.0. The van der Waals surface area contributed by atoms with E-state index in [1.807, 2.05) is 0 Å². The zero-order valence-electron chi connectivity index (χ0n) is 37.8. The van der Waals surface area contributed by atoms with Crippen molar-refractivity contribution in [3.8, 4) is 0 Å². The third kappa shape index (κ3) is 43.5. The van der Waals surface area contributed by atoms with E-state index >= 15 is 0 Å². The Morgan fingerprint density at radius 3 is 1.42 bits per heavy atom. The van der Waals surface area contributed by atoms with Gasteiger partial charge in [0.15, 0.2) is 0 Å². The predicted octanol–water partition coefficient (Wildman–Crippen LogP) is 14.5. The maximum atomic E-state index is 12.4. The van der Waals surface area contributed by atoms with Gasteiger partial charge in [-0.1, -0.05) is 198 Å². The summed E-state index contributed by atoms with van der Waals surface area (Å²) in [4.78, 5) is 24.4. The molecule has 0 saturated heterocycles. The van der Waals surface area contributed by atoms with Gasteiger partial charge in [0.1, 0.15) is 0 Å². The zero-order valence-corrected chi connectivity index (χ0v) is 37.8. The molecule has 3 N–H and O–H groups in total. The molecule has 2 atom stereocenters. The Morgan fingerprint density at radius 2 is 0.912 bits per heavy atom. The molecule has 0 aliphatic carbocycles. The third-order valence-electron chi connectivity index (χ3n) is 11.1. The molecule has 0 aromatic heterocycles. The van der Waals surface area contributed by atoms with Crippen molar-refractivity contribution in [2.24, 2.45) is 0 Å². The first kappa shape index (κ1) is 55.1. The van der Waals surface area contributed by atoms with Gasteiger partial charge < -0.3 is 20.3 Å². The zero-order chi connectivity index (χ0) is 41.5. The summed E-state index contributed by atoms with van der Waals surface area (Å²) in [7, 11) is 0. The summed E-state index contributed by atoms with van der Waals surface area (Å²) in [6.07, 6.45) is 55.4. The normalized spacial score (nSPS) is 13.0. The van der Waals surface area contributed by atoms with Gasteiger partial charge >= 0.3 is 5.97 Å². The van der Waals surface area contributed by atoms with Crippen LogP contribution in [0.25, 0.3) is 0 Å². The van der Waals surface area contributed by atoms with E-state index in [9.17, 15) is 19.8 Å². The SMILES string of the molecule is CCC/C=C\C/C=C\CCCCCCCC(=O)OCCCCCCCCCCC/C=C\CCCCCCCC(=O)NC(CO)C(O)CCCCCCCCCCC. The van der Waals surface area contributed by atoms with Crippen molar-refractivity contribution in [3.05, 3.63) is 36.5 Å². The Bertz CT molecular complexity index is 931. The number of amides is 1. The van der Waals surface area contributed by atoms with Gasteiger partial charge in [-0.2, -0.15) is 0 Å². The van der Waals surface area contributed by atoms with Crippen molar-refractivity contribution in [2.75, 3.05) is 13.2 Å². The van der Waals surface area contributed by atoms with E-state index in [-0.39, 0.29) is 18.5 Å². The molecule has 1 amide bonds. The number of carbonyl (C=O) groups is 2. The standard InChI is InChI=1S/C51H95NO5/c1-3-5-7-9-11-13-14-21-25-29-33-37-41-45-51(56)57-46-42-38-34-30-26-23-20-18-16-15-17-19-22-24-28-32-36-40-44-50(55)52-48(47-53)49(54)43-39-35-31-27-12-10-8-6-4-2/h7,9,13-14,17,19,48-49,53-54H,3-6,8,10-12,15-16,18,20-47H2,1-2H3,(H,52,55)/b9-7-,14-13-,19-17-. The highest BCUT2D eigenvalue weighted by molar-refractivity contribution is 5.76. The fourth-order valence-corrected chi connectivity index (χ4v) is 7.32. The number of unbranched alkanes of at least 4 members (excludes halogenated alkanes) is 28. The molecule has 0 heterocycles. The molecule has 6 heteroatoms. The molecule has 57 heavy (non-hydrogen) atoms. The number of esters is 1. The lowest BCUT2D eigenvalue weighted by atomic mass is 10.0. The lowest BCUT2D eigenvalue weighted by Gasteiger charge is -2.22. The molecule has 0 aliphatic heterocycles. The minimum Gasteiger partial charge on any atom is -0.466 e. The minimum absolute atomic E-state index is 0.0134. The molecule has 6 nitrogen and oxygen atoms in total. The topological polar surface area (TPSA) is 95.9 Å². The van der Waals surface area contributed by atoms with Gasteiger partial charge in [0.25, 0.3) is 0 Å². The van der Waals surface area contributed by atoms with Crippen LogP contribution in [0.1, 0.15) is 251 Å². The van der Waals surface area contributed by atoms with E-state index in [0.717, 1.165) is 70.6 Å². The Labute approximate surface area is 353 Å². The lowest BCUT2D eigenvalue weighted by molar-refractivity contribution is -0.143. The molecule has 0 saturated carbocycles. The number of rotatable bonds is 45. The van der Waals surface area contributed by atoms with Crippen LogP contribution in [0, 0.1) is 0 Å². The number of allylic oxidation sites excluding steroid dienone is 6. The van der Waals surface area contributed by atoms with E-state index in [1.165, 1.54) is 148 Å². The van der Waals surface area contributed by atoms with Crippen LogP contribution in [-0.2, 0) is 14.3 Å². The van der Waals surface area contributed by atoms with E-state index < -0.39 is 12.1 Å². The average Bonchev–Trinajstić information content (AvgIpc) is 3.21. The van der Waals surface area contributed by atoms with Crippen LogP contribution in [0.2, 0.25) is 0 Å². The Balaban J connectivity index is 3.44. The van der Waals surface area contributed by atoms with Gasteiger partial charge in [-0.05, 0) is 77.0 Å². The Hall–Kier alpha value is -1.92. The number of aliphatic hydroxyl groups excluding tert-OH is 2. The number of nitrogens with one attached hydrogen (secondary N) is 1. The fraction of sp³-hybridized carbons (Fsp3) is 0.843. The van der Waals surface area contributed by atoms with E-state index in [1.54, 1.807) is 0 Å². The largest absolute Gasteiger partial charge is 0.466 e. The van der Waals surface area contributed by atoms with E-state index in [2.05, 4.69) is 55.6 Å². The molecule has 0 aromatic rings. The number of ether oxygens (including phenoxy) is 1. The highest BCUT2D eigenvalue weighted by Gasteiger charge is 2.20. The highest BCUT2D eigenvalue weighted by Crippen LogP contribution is 2.15. The maximum Gasteiger partial charge on any atom is 0.305 e. The van der Waals surface area contributed by atoms with E-state index in [4.69, 9.17) is 4.74 Å². The quantitative estimate of drug-likeness (QED) is 0.0324. The summed E-state index contributed by atoms with van der Waals surface area (Å²) in [6.45, 7) is 4.83. The second kappa shape index (κ2) is 46.8. The number of aliphatic hydroxyl groups is 2. The maximum absolute atomic E-state index is 12.4. The lowest BCUT2D eigenvalue weighted by Crippen LogP contribution is -2.45. The molecule has 2 unspecified atom stereocenters. The smallest absolute Gasteiger partial charge is 0.305 e. The van der Waals surface area contributed by atoms with Crippen LogP contribution in [-0.4, -0.2) is 47.4 Å².